The summed E-state index contributed by atoms with van der Waals surface area (Å²) >= 11 is 0. The van der Waals surface area contributed by atoms with E-state index in [4.69, 9.17) is 0 Å². The Morgan fingerprint density at radius 2 is 1.90 bits per heavy atom. The van der Waals surface area contributed by atoms with Gasteiger partial charge in [-0.05, 0) is 58.4 Å². The standard InChI is InChI=1S/C20H22/c1-20(2)12-11-17-15(13-20)8-10-18-16-6-4-3-5-14(16)7-9-19(17)18/h3-10,15,17H,11-13H2,1-2H3/t15?,17-/m0/s1. The molecule has 2 aromatic rings. The summed E-state index contributed by atoms with van der Waals surface area (Å²) in [5.41, 5.74) is 3.58. The molecule has 4 rings (SSSR count). The first-order chi connectivity index (χ1) is 9.64. The summed E-state index contributed by atoms with van der Waals surface area (Å²) in [4.78, 5) is 0. The molecule has 2 aliphatic carbocycles. The molecule has 0 heteroatoms. The van der Waals surface area contributed by atoms with Crippen LogP contribution in [0.4, 0.5) is 0 Å². The fourth-order valence-electron chi connectivity index (χ4n) is 4.27. The van der Waals surface area contributed by atoms with E-state index in [1.54, 1.807) is 5.56 Å². The summed E-state index contributed by atoms with van der Waals surface area (Å²) in [6.07, 6.45) is 8.91. The van der Waals surface area contributed by atoms with Gasteiger partial charge in [0.15, 0.2) is 0 Å². The second kappa shape index (κ2) is 4.22. The van der Waals surface area contributed by atoms with E-state index in [-0.39, 0.29) is 0 Å². The van der Waals surface area contributed by atoms with Crippen LogP contribution >= 0.6 is 0 Å². The first kappa shape index (κ1) is 12.2. The Kier molecular flexibility index (Phi) is 2.57. The molecule has 1 unspecified atom stereocenters. The highest BCUT2D eigenvalue weighted by atomic mass is 14.4. The summed E-state index contributed by atoms with van der Waals surface area (Å²) < 4.78 is 0. The lowest BCUT2D eigenvalue weighted by molar-refractivity contribution is 0.182. The third kappa shape index (κ3) is 1.82. The quantitative estimate of drug-likeness (QED) is 0.565. The van der Waals surface area contributed by atoms with Crippen molar-refractivity contribution < 1.29 is 0 Å². The van der Waals surface area contributed by atoms with Crippen LogP contribution in [0.25, 0.3) is 16.8 Å². The monoisotopic (exact) mass is 262 g/mol. The lowest BCUT2D eigenvalue weighted by atomic mass is 9.63. The van der Waals surface area contributed by atoms with E-state index >= 15 is 0 Å². The molecule has 0 amide bonds. The predicted molar refractivity (Wildman–Crippen MR) is 86.8 cm³/mol. The van der Waals surface area contributed by atoms with Gasteiger partial charge in [-0.15, -0.1) is 0 Å². The molecule has 0 radical (unpaired) electrons. The lowest BCUT2D eigenvalue weighted by Crippen LogP contribution is -2.29. The molecule has 102 valence electrons. The first-order valence-electron chi connectivity index (χ1n) is 7.84. The van der Waals surface area contributed by atoms with Crippen molar-refractivity contribution >= 4 is 16.8 Å². The Labute approximate surface area is 121 Å². The predicted octanol–water partition coefficient (Wildman–Crippen LogP) is 5.78. The molecule has 2 aliphatic rings. The fraction of sp³-hybridized carbons (Fsp3) is 0.400. The average Bonchev–Trinajstić information content (AvgIpc) is 2.45. The van der Waals surface area contributed by atoms with Gasteiger partial charge in [0.1, 0.15) is 0 Å². The molecule has 2 atom stereocenters. The molecule has 0 N–H and O–H groups in total. The summed E-state index contributed by atoms with van der Waals surface area (Å²) in [6.45, 7) is 4.85. The van der Waals surface area contributed by atoms with E-state index < -0.39 is 0 Å². The van der Waals surface area contributed by atoms with Crippen molar-refractivity contribution in [1.82, 2.24) is 0 Å². The maximum atomic E-state index is 2.49. The molecule has 0 heterocycles. The van der Waals surface area contributed by atoms with Gasteiger partial charge in [-0.2, -0.15) is 0 Å². The van der Waals surface area contributed by atoms with Gasteiger partial charge in [0.25, 0.3) is 0 Å². The van der Waals surface area contributed by atoms with Gasteiger partial charge < -0.3 is 0 Å². The van der Waals surface area contributed by atoms with Crippen molar-refractivity contribution in [3.63, 3.8) is 0 Å². The zero-order valence-corrected chi connectivity index (χ0v) is 12.4. The summed E-state index contributed by atoms with van der Waals surface area (Å²) in [5, 5.41) is 2.79. The van der Waals surface area contributed by atoms with Crippen LogP contribution in [0.2, 0.25) is 0 Å². The van der Waals surface area contributed by atoms with E-state index in [1.165, 1.54) is 35.6 Å². The van der Waals surface area contributed by atoms with E-state index in [0.717, 1.165) is 11.8 Å². The molecule has 0 aliphatic heterocycles. The van der Waals surface area contributed by atoms with E-state index in [1.807, 2.05) is 0 Å². The normalized spacial score (nSPS) is 27.1. The largest absolute Gasteiger partial charge is 0.0802 e. The summed E-state index contributed by atoms with van der Waals surface area (Å²) in [7, 11) is 0. The van der Waals surface area contributed by atoms with E-state index in [2.05, 4.69) is 62.4 Å². The summed E-state index contributed by atoms with van der Waals surface area (Å²) in [6, 6.07) is 13.5. The minimum atomic E-state index is 0.514. The first-order valence-corrected chi connectivity index (χ1v) is 7.84. The van der Waals surface area contributed by atoms with Crippen LogP contribution < -0.4 is 0 Å². The molecule has 0 nitrogen and oxygen atoms in total. The number of hydrogen-bond acceptors (Lipinski definition) is 0. The van der Waals surface area contributed by atoms with Crippen molar-refractivity contribution in [2.45, 2.75) is 39.0 Å². The van der Waals surface area contributed by atoms with Crippen molar-refractivity contribution in [2.24, 2.45) is 11.3 Å². The van der Waals surface area contributed by atoms with Crippen LogP contribution in [0.5, 0.6) is 0 Å². The fourth-order valence-corrected chi connectivity index (χ4v) is 4.27. The van der Waals surface area contributed by atoms with Crippen molar-refractivity contribution in [3.8, 4) is 0 Å². The topological polar surface area (TPSA) is 0 Å². The summed E-state index contributed by atoms with van der Waals surface area (Å²) in [5.74, 6) is 1.49. The molecule has 1 saturated carbocycles. The molecule has 2 aromatic carbocycles. The number of hydrogen-bond donors (Lipinski definition) is 0. The zero-order valence-electron chi connectivity index (χ0n) is 12.4. The molecule has 0 bridgehead atoms. The number of rotatable bonds is 0. The highest BCUT2D eigenvalue weighted by Gasteiger charge is 2.36. The minimum absolute atomic E-state index is 0.514. The average molecular weight is 262 g/mol. The van der Waals surface area contributed by atoms with Crippen LogP contribution in [0.1, 0.15) is 50.2 Å². The van der Waals surface area contributed by atoms with E-state index in [0.29, 0.717) is 5.41 Å². The van der Waals surface area contributed by atoms with Gasteiger partial charge in [-0.1, -0.05) is 62.4 Å². The Morgan fingerprint density at radius 3 is 2.80 bits per heavy atom. The Balaban J connectivity index is 1.85. The van der Waals surface area contributed by atoms with Gasteiger partial charge in [-0.25, -0.2) is 0 Å². The lowest BCUT2D eigenvalue weighted by Gasteiger charge is -2.42. The van der Waals surface area contributed by atoms with Gasteiger partial charge in [0.05, 0.1) is 0 Å². The molecular formula is C20H22. The smallest absolute Gasteiger partial charge is 0.00923 e. The number of allylic oxidation sites excluding steroid dienone is 1. The Morgan fingerprint density at radius 1 is 1.05 bits per heavy atom. The molecule has 1 fully saturated rings. The van der Waals surface area contributed by atoms with Gasteiger partial charge in [0.2, 0.25) is 0 Å². The third-order valence-corrected chi connectivity index (χ3v) is 5.35. The molecular weight excluding hydrogens is 240 g/mol. The van der Waals surface area contributed by atoms with Crippen LogP contribution in [-0.4, -0.2) is 0 Å². The number of fused-ring (bicyclic) bond motifs is 5. The zero-order chi connectivity index (χ0) is 13.7. The molecule has 0 saturated heterocycles. The van der Waals surface area contributed by atoms with Crippen molar-refractivity contribution in [1.29, 1.82) is 0 Å². The minimum Gasteiger partial charge on any atom is -0.0802 e. The number of benzene rings is 2. The van der Waals surface area contributed by atoms with Crippen LogP contribution in [0.15, 0.2) is 42.5 Å². The molecule has 0 aromatic heterocycles. The maximum absolute atomic E-state index is 2.49. The van der Waals surface area contributed by atoms with Crippen LogP contribution in [-0.2, 0) is 0 Å². The molecule has 20 heavy (non-hydrogen) atoms. The van der Waals surface area contributed by atoms with Gasteiger partial charge >= 0.3 is 0 Å². The van der Waals surface area contributed by atoms with Crippen LogP contribution in [0.3, 0.4) is 0 Å². The maximum Gasteiger partial charge on any atom is -0.00923 e. The highest BCUT2D eigenvalue weighted by Crippen LogP contribution is 2.50. The highest BCUT2D eigenvalue weighted by molar-refractivity contribution is 5.92. The van der Waals surface area contributed by atoms with Crippen molar-refractivity contribution in [2.75, 3.05) is 0 Å². The molecule has 0 spiro atoms. The third-order valence-electron chi connectivity index (χ3n) is 5.35. The van der Waals surface area contributed by atoms with Crippen LogP contribution in [0, 0.1) is 11.3 Å². The van der Waals surface area contributed by atoms with E-state index in [9.17, 15) is 0 Å². The Bertz CT molecular complexity index is 690. The second-order valence-electron chi connectivity index (χ2n) is 7.33. The second-order valence-corrected chi connectivity index (χ2v) is 7.33. The van der Waals surface area contributed by atoms with Gasteiger partial charge in [-0.3, -0.25) is 0 Å². The van der Waals surface area contributed by atoms with Crippen molar-refractivity contribution in [3.05, 3.63) is 53.6 Å². The Hall–Kier alpha value is -1.56. The SMILES string of the molecule is CC1(C)CC[C@@H]2c3ccc4ccccc4c3C=CC2C1. The van der Waals surface area contributed by atoms with Gasteiger partial charge in [0, 0.05) is 0 Å².